The van der Waals surface area contributed by atoms with Gasteiger partial charge in [-0.3, -0.25) is 0 Å². The maximum absolute atomic E-state index is 6.30. The van der Waals surface area contributed by atoms with E-state index in [-0.39, 0.29) is 11.7 Å². The summed E-state index contributed by atoms with van der Waals surface area (Å²) in [4.78, 5) is 0. The van der Waals surface area contributed by atoms with Gasteiger partial charge in [-0.1, -0.05) is 84.7 Å². The van der Waals surface area contributed by atoms with Gasteiger partial charge in [0.2, 0.25) is 0 Å². The van der Waals surface area contributed by atoms with Crippen LogP contribution in [0.15, 0.2) is 36.4 Å². The van der Waals surface area contributed by atoms with E-state index in [1.54, 1.807) is 0 Å². The smallest absolute Gasteiger partial charge is 0.197 e. The molecule has 2 aromatic rings. The van der Waals surface area contributed by atoms with Crippen molar-refractivity contribution in [3.05, 3.63) is 42.0 Å². The molecule has 0 radical (unpaired) electrons. The number of benzene rings is 2. The summed E-state index contributed by atoms with van der Waals surface area (Å²) in [5.74, 6) is 3.54. The fraction of sp³-hybridized carbons (Fsp3) is 0.643. The second kappa shape index (κ2) is 9.73. The van der Waals surface area contributed by atoms with Crippen LogP contribution in [0.2, 0.25) is 0 Å². The quantitative estimate of drug-likeness (QED) is 0.428. The lowest BCUT2D eigenvalue weighted by Gasteiger charge is -2.35. The van der Waals surface area contributed by atoms with Gasteiger partial charge in [0, 0.05) is 5.39 Å². The number of fused-ring (bicyclic) bond motifs is 1. The summed E-state index contributed by atoms with van der Waals surface area (Å²) >= 11 is 0. The highest BCUT2D eigenvalue weighted by atomic mass is 16.7. The van der Waals surface area contributed by atoms with Gasteiger partial charge in [0.15, 0.2) is 6.29 Å². The Morgan fingerprint density at radius 3 is 2.17 bits per heavy atom. The van der Waals surface area contributed by atoms with Crippen LogP contribution in [-0.2, 0) is 4.74 Å². The predicted molar refractivity (Wildman–Crippen MR) is 128 cm³/mol. The SMILES string of the molecule is CC1CCC(COC(C)Oc2cccc3c(C(C(C)C)C(C)(C)C)cccc23)CC1. The lowest BCUT2D eigenvalue weighted by atomic mass is 9.69. The van der Waals surface area contributed by atoms with Crippen molar-refractivity contribution < 1.29 is 9.47 Å². The summed E-state index contributed by atoms with van der Waals surface area (Å²) < 4.78 is 12.4. The Bertz CT molecular complexity index is 809. The van der Waals surface area contributed by atoms with Crippen LogP contribution < -0.4 is 4.74 Å². The Balaban J connectivity index is 1.77. The van der Waals surface area contributed by atoms with Gasteiger partial charge in [0.05, 0.1) is 6.61 Å². The molecule has 2 aromatic carbocycles. The normalized spacial score (nSPS) is 22.3. The highest BCUT2D eigenvalue weighted by Gasteiger charge is 2.30. The Kier molecular flexibility index (Phi) is 7.50. The molecule has 0 aliphatic heterocycles. The van der Waals surface area contributed by atoms with Crippen LogP contribution >= 0.6 is 0 Å². The zero-order chi connectivity index (χ0) is 21.9. The van der Waals surface area contributed by atoms with E-state index in [0.29, 0.717) is 17.8 Å². The van der Waals surface area contributed by atoms with Crippen LogP contribution in [0, 0.1) is 23.2 Å². The summed E-state index contributed by atoms with van der Waals surface area (Å²) in [7, 11) is 0. The molecule has 3 rings (SSSR count). The summed E-state index contributed by atoms with van der Waals surface area (Å²) in [5, 5.41) is 2.49. The minimum Gasteiger partial charge on any atom is -0.465 e. The first kappa shape index (κ1) is 23.1. The molecule has 0 N–H and O–H groups in total. The molecule has 2 unspecified atom stereocenters. The Morgan fingerprint density at radius 1 is 0.900 bits per heavy atom. The first-order chi connectivity index (χ1) is 14.2. The fourth-order valence-electron chi connectivity index (χ4n) is 5.49. The molecule has 2 heteroatoms. The van der Waals surface area contributed by atoms with E-state index in [9.17, 15) is 0 Å². The van der Waals surface area contributed by atoms with Crippen molar-refractivity contribution in [3.8, 4) is 5.75 Å². The maximum atomic E-state index is 6.30. The number of rotatable bonds is 7. The third-order valence-electron chi connectivity index (χ3n) is 6.85. The van der Waals surface area contributed by atoms with E-state index in [4.69, 9.17) is 9.47 Å². The highest BCUT2D eigenvalue weighted by molar-refractivity contribution is 5.91. The molecule has 0 amide bonds. The van der Waals surface area contributed by atoms with Gasteiger partial charge in [-0.2, -0.15) is 0 Å². The van der Waals surface area contributed by atoms with Crippen molar-refractivity contribution in [2.24, 2.45) is 23.2 Å². The standard InChI is InChI=1S/C28H42O2/c1-19(2)27(28(5,6)7)25-12-8-11-24-23(25)10-9-13-26(24)30-21(4)29-18-22-16-14-20(3)15-17-22/h8-13,19-22,27H,14-18H2,1-7H3. The fourth-order valence-corrected chi connectivity index (χ4v) is 5.49. The van der Waals surface area contributed by atoms with Crippen molar-refractivity contribution in [1.29, 1.82) is 0 Å². The lowest BCUT2D eigenvalue weighted by molar-refractivity contribution is -0.0823. The van der Waals surface area contributed by atoms with Gasteiger partial charge in [-0.25, -0.2) is 0 Å². The van der Waals surface area contributed by atoms with E-state index in [1.165, 1.54) is 42.0 Å². The third-order valence-corrected chi connectivity index (χ3v) is 6.85. The molecule has 1 fully saturated rings. The Labute approximate surface area is 184 Å². The average Bonchev–Trinajstić information content (AvgIpc) is 2.67. The minimum absolute atomic E-state index is 0.202. The van der Waals surface area contributed by atoms with Crippen molar-refractivity contribution in [1.82, 2.24) is 0 Å². The second-order valence-corrected chi connectivity index (χ2v) is 10.9. The number of hydrogen-bond acceptors (Lipinski definition) is 2. The van der Waals surface area contributed by atoms with Gasteiger partial charge < -0.3 is 9.47 Å². The lowest BCUT2D eigenvalue weighted by Crippen LogP contribution is -2.24. The minimum atomic E-state index is -0.234. The summed E-state index contributed by atoms with van der Waals surface area (Å²) in [6, 6.07) is 13.1. The second-order valence-electron chi connectivity index (χ2n) is 10.9. The third kappa shape index (κ3) is 5.58. The van der Waals surface area contributed by atoms with Crippen molar-refractivity contribution in [2.45, 2.75) is 86.4 Å². The first-order valence-corrected chi connectivity index (χ1v) is 12.0. The summed E-state index contributed by atoms with van der Waals surface area (Å²) in [6.07, 6.45) is 5.01. The molecule has 1 saturated carbocycles. The van der Waals surface area contributed by atoms with Gasteiger partial charge in [-0.15, -0.1) is 0 Å². The Hall–Kier alpha value is -1.54. The van der Waals surface area contributed by atoms with E-state index in [2.05, 4.69) is 77.9 Å². The number of ether oxygens (including phenoxy) is 2. The maximum Gasteiger partial charge on any atom is 0.197 e. The molecule has 0 heterocycles. The molecule has 0 bridgehead atoms. The van der Waals surface area contributed by atoms with Gasteiger partial charge >= 0.3 is 0 Å². The van der Waals surface area contributed by atoms with Crippen LogP contribution in [0.1, 0.15) is 85.6 Å². The highest BCUT2D eigenvalue weighted by Crippen LogP contribution is 2.44. The first-order valence-electron chi connectivity index (χ1n) is 12.0. The topological polar surface area (TPSA) is 18.5 Å². The van der Waals surface area contributed by atoms with E-state index >= 15 is 0 Å². The summed E-state index contributed by atoms with van der Waals surface area (Å²) in [5.41, 5.74) is 1.62. The van der Waals surface area contributed by atoms with E-state index in [0.717, 1.165) is 18.3 Å². The van der Waals surface area contributed by atoms with Crippen LogP contribution in [-0.4, -0.2) is 12.9 Å². The molecule has 166 valence electrons. The van der Waals surface area contributed by atoms with Crippen LogP contribution in [0.25, 0.3) is 10.8 Å². The average molecular weight is 411 g/mol. The van der Waals surface area contributed by atoms with E-state index in [1.807, 2.05) is 6.92 Å². The molecule has 30 heavy (non-hydrogen) atoms. The van der Waals surface area contributed by atoms with Crippen molar-refractivity contribution >= 4 is 10.8 Å². The van der Waals surface area contributed by atoms with Crippen molar-refractivity contribution in [2.75, 3.05) is 6.61 Å². The van der Waals surface area contributed by atoms with Gasteiger partial charge in [-0.05, 0) is 65.9 Å². The molecule has 0 aromatic heterocycles. The zero-order valence-corrected chi connectivity index (χ0v) is 20.2. The largest absolute Gasteiger partial charge is 0.465 e. The molecular formula is C28H42O2. The molecule has 0 saturated heterocycles. The van der Waals surface area contributed by atoms with Crippen LogP contribution in [0.4, 0.5) is 0 Å². The molecule has 2 atom stereocenters. The molecule has 2 nitrogen and oxygen atoms in total. The molecular weight excluding hydrogens is 368 g/mol. The predicted octanol–water partition coefficient (Wildman–Crippen LogP) is 8.19. The van der Waals surface area contributed by atoms with Crippen LogP contribution in [0.3, 0.4) is 0 Å². The Morgan fingerprint density at radius 2 is 1.53 bits per heavy atom. The summed E-state index contributed by atoms with van der Waals surface area (Å²) in [6.45, 7) is 16.9. The van der Waals surface area contributed by atoms with Crippen molar-refractivity contribution in [3.63, 3.8) is 0 Å². The van der Waals surface area contributed by atoms with Crippen LogP contribution in [0.5, 0.6) is 5.75 Å². The molecule has 1 aliphatic carbocycles. The molecule has 1 aliphatic rings. The molecule has 0 spiro atoms. The number of hydrogen-bond donors (Lipinski definition) is 0. The van der Waals surface area contributed by atoms with E-state index < -0.39 is 0 Å². The van der Waals surface area contributed by atoms with Gasteiger partial charge in [0.1, 0.15) is 5.75 Å². The van der Waals surface area contributed by atoms with Gasteiger partial charge in [0.25, 0.3) is 0 Å². The monoisotopic (exact) mass is 410 g/mol. The zero-order valence-electron chi connectivity index (χ0n) is 20.2.